The quantitative estimate of drug-likeness (QED) is 0.208. The Morgan fingerprint density at radius 3 is 1.82 bits per heavy atom. The van der Waals surface area contributed by atoms with Gasteiger partial charge in [-0.1, -0.05) is 92.7 Å². The van der Waals surface area contributed by atoms with E-state index in [4.69, 9.17) is 0 Å². The molecule has 6 aromatic carbocycles. The summed E-state index contributed by atoms with van der Waals surface area (Å²) in [6.45, 7) is 4.66. The van der Waals surface area contributed by atoms with Gasteiger partial charge in [-0.2, -0.15) is 0 Å². The molecule has 0 N–H and O–H groups in total. The van der Waals surface area contributed by atoms with Gasteiger partial charge >= 0.3 is 0 Å². The van der Waals surface area contributed by atoms with Crippen LogP contribution in [0.3, 0.4) is 0 Å². The SMILES string of the molecule is CC1(C)c2ccccc2N(c2ccc(-n3c4ccccc4c4c5c(ccc43)ccn5-c3ccccc3)cc2)c2ccccc21. The summed E-state index contributed by atoms with van der Waals surface area (Å²) in [7, 11) is 0. The molecule has 1 aliphatic rings. The highest BCUT2D eigenvalue weighted by Crippen LogP contribution is 2.51. The minimum Gasteiger partial charge on any atom is -0.316 e. The lowest BCUT2D eigenvalue weighted by Gasteiger charge is -2.42. The van der Waals surface area contributed by atoms with Gasteiger partial charge in [-0.3, -0.25) is 0 Å². The van der Waals surface area contributed by atoms with E-state index < -0.39 is 0 Å². The Kier molecular flexibility index (Phi) is 5.24. The van der Waals surface area contributed by atoms with Gasteiger partial charge in [0.2, 0.25) is 0 Å². The number of benzene rings is 6. The zero-order valence-corrected chi connectivity index (χ0v) is 24.8. The van der Waals surface area contributed by atoms with Crippen LogP contribution in [0.5, 0.6) is 0 Å². The summed E-state index contributed by atoms with van der Waals surface area (Å²) in [5, 5.41) is 3.77. The third-order valence-corrected chi connectivity index (χ3v) is 9.52. The Bertz CT molecular complexity index is 2300. The normalized spacial score (nSPS) is 13.8. The molecule has 0 atom stereocenters. The molecule has 8 aromatic rings. The van der Waals surface area contributed by atoms with Crippen LogP contribution in [0.1, 0.15) is 25.0 Å². The molecule has 3 heterocycles. The third kappa shape index (κ3) is 3.44. The highest BCUT2D eigenvalue weighted by molar-refractivity contribution is 6.20. The monoisotopic (exact) mass is 565 g/mol. The van der Waals surface area contributed by atoms with Crippen LogP contribution in [0.25, 0.3) is 44.1 Å². The molecule has 2 aromatic heterocycles. The average Bonchev–Trinajstić information content (AvgIpc) is 3.65. The maximum Gasteiger partial charge on any atom is 0.0628 e. The highest BCUT2D eigenvalue weighted by atomic mass is 15.2. The maximum absolute atomic E-state index is 2.42. The van der Waals surface area contributed by atoms with E-state index in [9.17, 15) is 0 Å². The smallest absolute Gasteiger partial charge is 0.0628 e. The summed E-state index contributed by atoms with van der Waals surface area (Å²) < 4.78 is 4.74. The van der Waals surface area contributed by atoms with Crippen LogP contribution in [-0.4, -0.2) is 9.13 Å². The van der Waals surface area contributed by atoms with E-state index in [-0.39, 0.29) is 5.41 Å². The molecule has 0 saturated carbocycles. The number of aromatic nitrogens is 2. The van der Waals surface area contributed by atoms with E-state index >= 15 is 0 Å². The lowest BCUT2D eigenvalue weighted by Crippen LogP contribution is -2.30. The molecule has 1 aliphatic heterocycles. The van der Waals surface area contributed by atoms with Crippen LogP contribution in [0.4, 0.5) is 17.1 Å². The molecule has 0 unspecified atom stereocenters. The summed E-state index contributed by atoms with van der Waals surface area (Å²) >= 11 is 0. The summed E-state index contributed by atoms with van der Waals surface area (Å²) in [6, 6.07) is 52.9. The molecule has 0 fully saturated rings. The first-order valence-corrected chi connectivity index (χ1v) is 15.3. The van der Waals surface area contributed by atoms with Gasteiger partial charge in [-0.05, 0) is 77.9 Å². The van der Waals surface area contributed by atoms with Crippen molar-refractivity contribution >= 4 is 49.8 Å². The molecule has 0 spiro atoms. The van der Waals surface area contributed by atoms with Crippen LogP contribution >= 0.6 is 0 Å². The number of para-hydroxylation sites is 4. The van der Waals surface area contributed by atoms with Crippen molar-refractivity contribution in [2.24, 2.45) is 0 Å². The number of fused-ring (bicyclic) bond motifs is 7. The number of rotatable bonds is 3. The van der Waals surface area contributed by atoms with Crippen molar-refractivity contribution in [1.82, 2.24) is 9.13 Å². The number of anilines is 3. The zero-order chi connectivity index (χ0) is 29.4. The minimum absolute atomic E-state index is 0.0741. The van der Waals surface area contributed by atoms with Crippen molar-refractivity contribution < 1.29 is 0 Å². The van der Waals surface area contributed by atoms with Gasteiger partial charge in [-0.15, -0.1) is 0 Å². The van der Waals surface area contributed by atoms with E-state index in [2.05, 4.69) is 180 Å². The van der Waals surface area contributed by atoms with E-state index in [1.165, 1.54) is 60.9 Å². The van der Waals surface area contributed by atoms with E-state index in [1.54, 1.807) is 0 Å². The molecule has 0 aliphatic carbocycles. The van der Waals surface area contributed by atoms with Gasteiger partial charge in [0.1, 0.15) is 0 Å². The van der Waals surface area contributed by atoms with Crippen LogP contribution in [0.15, 0.2) is 152 Å². The van der Waals surface area contributed by atoms with Gasteiger partial charge in [0.05, 0.1) is 27.9 Å². The Hall–Kier alpha value is -5.54. The average molecular weight is 566 g/mol. The predicted octanol–water partition coefficient (Wildman–Crippen LogP) is 10.8. The van der Waals surface area contributed by atoms with E-state index in [0.717, 1.165) is 11.4 Å². The minimum atomic E-state index is -0.0741. The van der Waals surface area contributed by atoms with E-state index in [1.807, 2.05) is 0 Å². The summed E-state index contributed by atoms with van der Waals surface area (Å²) in [5.74, 6) is 0. The Morgan fingerprint density at radius 1 is 0.477 bits per heavy atom. The molecule has 0 saturated heterocycles. The lowest BCUT2D eigenvalue weighted by molar-refractivity contribution is 0.632. The Morgan fingerprint density at radius 2 is 1.09 bits per heavy atom. The summed E-state index contributed by atoms with van der Waals surface area (Å²) in [5.41, 5.74) is 12.2. The fraction of sp³-hybridized carbons (Fsp3) is 0.0732. The van der Waals surface area contributed by atoms with Gasteiger partial charge in [-0.25, -0.2) is 0 Å². The third-order valence-electron chi connectivity index (χ3n) is 9.52. The van der Waals surface area contributed by atoms with Crippen molar-refractivity contribution in [2.45, 2.75) is 19.3 Å². The number of nitrogens with zero attached hydrogens (tertiary/aromatic N) is 3. The zero-order valence-electron chi connectivity index (χ0n) is 24.8. The number of hydrogen-bond donors (Lipinski definition) is 0. The summed E-state index contributed by atoms with van der Waals surface area (Å²) in [4.78, 5) is 2.42. The molecule has 9 rings (SSSR count). The topological polar surface area (TPSA) is 13.1 Å². The molecule has 44 heavy (non-hydrogen) atoms. The predicted molar refractivity (Wildman–Crippen MR) is 184 cm³/mol. The Labute approximate surface area is 256 Å². The molecule has 0 radical (unpaired) electrons. The van der Waals surface area contributed by atoms with E-state index in [0.29, 0.717) is 0 Å². The summed E-state index contributed by atoms with van der Waals surface area (Å²) in [6.07, 6.45) is 2.19. The first-order valence-electron chi connectivity index (χ1n) is 15.3. The number of hydrogen-bond acceptors (Lipinski definition) is 1. The molecule has 3 heteroatoms. The molecule has 3 nitrogen and oxygen atoms in total. The van der Waals surface area contributed by atoms with Crippen molar-refractivity contribution in [1.29, 1.82) is 0 Å². The van der Waals surface area contributed by atoms with Gasteiger partial charge in [0.25, 0.3) is 0 Å². The highest BCUT2D eigenvalue weighted by Gasteiger charge is 2.36. The second-order valence-corrected chi connectivity index (χ2v) is 12.3. The van der Waals surface area contributed by atoms with Gasteiger partial charge in [0, 0.05) is 44.8 Å². The van der Waals surface area contributed by atoms with Crippen molar-refractivity contribution in [3.8, 4) is 11.4 Å². The van der Waals surface area contributed by atoms with Crippen LogP contribution < -0.4 is 4.90 Å². The molecule has 0 bridgehead atoms. The van der Waals surface area contributed by atoms with Crippen LogP contribution in [-0.2, 0) is 5.41 Å². The fourth-order valence-electron chi connectivity index (χ4n) is 7.46. The largest absolute Gasteiger partial charge is 0.316 e. The molecular weight excluding hydrogens is 534 g/mol. The fourth-order valence-corrected chi connectivity index (χ4v) is 7.46. The molecule has 0 amide bonds. The van der Waals surface area contributed by atoms with Gasteiger partial charge in [0.15, 0.2) is 0 Å². The first kappa shape index (κ1) is 25.0. The van der Waals surface area contributed by atoms with Crippen LogP contribution in [0, 0.1) is 0 Å². The van der Waals surface area contributed by atoms with Gasteiger partial charge < -0.3 is 14.0 Å². The first-order chi connectivity index (χ1) is 21.6. The Balaban J connectivity index is 1.24. The lowest BCUT2D eigenvalue weighted by atomic mass is 9.73. The molecular formula is C41H31N3. The van der Waals surface area contributed by atoms with Crippen molar-refractivity contribution in [2.75, 3.05) is 4.90 Å². The van der Waals surface area contributed by atoms with Crippen molar-refractivity contribution in [3.05, 3.63) is 163 Å². The standard InChI is InChI=1S/C41H31N3/c1-41(2)33-15-7-10-18-36(33)44(37-19-11-8-16-34(37)41)31-23-21-30(22-24-31)43-35-17-9-6-14-32(35)39-38(43)25-20-28-26-27-42(40(28)39)29-12-4-3-5-13-29/h3-27H,1-2H3. The van der Waals surface area contributed by atoms with Crippen LogP contribution in [0.2, 0.25) is 0 Å². The second-order valence-electron chi connectivity index (χ2n) is 12.3. The maximum atomic E-state index is 2.42. The second kappa shape index (κ2) is 9.23. The van der Waals surface area contributed by atoms with Crippen molar-refractivity contribution in [3.63, 3.8) is 0 Å². The molecule has 210 valence electrons.